The summed E-state index contributed by atoms with van der Waals surface area (Å²) in [6, 6.07) is 7.30. The number of likely N-dealkylation sites (tertiary alicyclic amines) is 1. The van der Waals surface area contributed by atoms with E-state index in [0.717, 1.165) is 18.6 Å². The third-order valence-electron chi connectivity index (χ3n) is 5.17. The maximum atomic E-state index is 13.1. The number of halogens is 1. The normalized spacial score (nSPS) is 15.0. The fourth-order valence-electron chi connectivity index (χ4n) is 3.62. The van der Waals surface area contributed by atoms with Gasteiger partial charge in [0.2, 0.25) is 0 Å². The molecule has 0 atom stereocenters. The van der Waals surface area contributed by atoms with Gasteiger partial charge < -0.3 is 19.4 Å². The number of rotatable bonds is 5. The molecule has 1 saturated heterocycles. The number of aryl methyl sites for hydroxylation is 1. The molecule has 7 nitrogen and oxygen atoms in total. The summed E-state index contributed by atoms with van der Waals surface area (Å²) < 4.78 is 11.1. The van der Waals surface area contributed by atoms with Gasteiger partial charge in [0.15, 0.2) is 0 Å². The Kier molecular flexibility index (Phi) is 6.08. The zero-order valence-corrected chi connectivity index (χ0v) is 18.3. The van der Waals surface area contributed by atoms with Crippen LogP contribution in [0, 0.1) is 6.92 Å². The molecule has 0 radical (unpaired) electrons. The number of piperidine rings is 1. The molecule has 3 aromatic rings. The lowest BCUT2D eigenvalue weighted by Gasteiger charge is -2.32. The zero-order valence-electron chi connectivity index (χ0n) is 16.7. The fourth-order valence-corrected chi connectivity index (χ4v) is 4.92. The molecule has 9 heteroatoms. The van der Waals surface area contributed by atoms with Crippen molar-refractivity contribution in [3.05, 3.63) is 55.9 Å². The molecule has 0 aliphatic carbocycles. The minimum absolute atomic E-state index is 0.0554. The van der Waals surface area contributed by atoms with E-state index >= 15 is 0 Å². The van der Waals surface area contributed by atoms with Gasteiger partial charge in [-0.05, 0) is 36.8 Å². The summed E-state index contributed by atoms with van der Waals surface area (Å²) in [6.45, 7) is 3.22. The third kappa shape index (κ3) is 4.21. The van der Waals surface area contributed by atoms with Gasteiger partial charge in [0.25, 0.3) is 11.5 Å². The third-order valence-corrected chi connectivity index (χ3v) is 6.60. The monoisotopic (exact) mass is 447 g/mol. The molecule has 1 aliphatic heterocycles. The van der Waals surface area contributed by atoms with Crippen molar-refractivity contribution in [1.29, 1.82) is 0 Å². The molecule has 0 spiro atoms. The van der Waals surface area contributed by atoms with E-state index in [9.17, 15) is 9.59 Å². The van der Waals surface area contributed by atoms with Gasteiger partial charge in [-0.1, -0.05) is 11.6 Å². The lowest BCUT2D eigenvalue weighted by Crippen LogP contribution is -2.41. The highest BCUT2D eigenvalue weighted by Crippen LogP contribution is 2.29. The second-order valence-electron chi connectivity index (χ2n) is 7.25. The summed E-state index contributed by atoms with van der Waals surface area (Å²) in [7, 11) is 1.54. The largest absolute Gasteiger partial charge is 0.490 e. The standard InChI is InChI=1S/C21H22ClN3O4S/c1-12-17-19(26)23-16(11-28-2)24-20(17)30-18(12)21(27)25-9-7-15(8-10-25)29-14-5-3-13(22)4-6-14/h3-6,15H,7-11H2,1-2H3,(H,23,24,26). The van der Waals surface area contributed by atoms with Crippen LogP contribution in [-0.4, -0.2) is 47.1 Å². The number of ether oxygens (including phenoxy) is 2. The van der Waals surface area contributed by atoms with Crippen LogP contribution < -0.4 is 10.3 Å². The molecule has 2 aromatic heterocycles. The molecule has 1 amide bonds. The number of hydrogen-bond donors (Lipinski definition) is 1. The van der Waals surface area contributed by atoms with E-state index < -0.39 is 0 Å². The van der Waals surface area contributed by atoms with Gasteiger partial charge in [-0.2, -0.15) is 0 Å². The molecule has 158 valence electrons. The number of nitrogens with one attached hydrogen (secondary N) is 1. The van der Waals surface area contributed by atoms with Crippen LogP contribution in [0.5, 0.6) is 5.75 Å². The van der Waals surface area contributed by atoms with Crippen LogP contribution in [0.4, 0.5) is 0 Å². The number of aromatic nitrogens is 2. The predicted octanol–water partition coefficient (Wildman–Crippen LogP) is 3.78. The van der Waals surface area contributed by atoms with E-state index in [2.05, 4.69) is 9.97 Å². The Bertz CT molecular complexity index is 1120. The highest BCUT2D eigenvalue weighted by Gasteiger charge is 2.28. The molecule has 0 bridgehead atoms. The van der Waals surface area contributed by atoms with Gasteiger partial charge in [0.05, 0.1) is 10.3 Å². The number of hydrogen-bond acceptors (Lipinski definition) is 6. The summed E-state index contributed by atoms with van der Waals surface area (Å²) in [4.78, 5) is 35.7. The van der Waals surface area contributed by atoms with E-state index in [1.807, 2.05) is 17.0 Å². The Morgan fingerprint density at radius 1 is 1.30 bits per heavy atom. The molecule has 1 fully saturated rings. The van der Waals surface area contributed by atoms with Crippen molar-refractivity contribution >= 4 is 39.1 Å². The maximum absolute atomic E-state index is 13.1. The first-order valence-corrected chi connectivity index (χ1v) is 10.9. The molecule has 0 unspecified atom stereocenters. The van der Waals surface area contributed by atoms with Crippen molar-refractivity contribution in [1.82, 2.24) is 14.9 Å². The average Bonchev–Trinajstić information content (AvgIpc) is 3.07. The molecule has 30 heavy (non-hydrogen) atoms. The summed E-state index contributed by atoms with van der Waals surface area (Å²) in [5, 5.41) is 1.15. The minimum Gasteiger partial charge on any atom is -0.490 e. The molecule has 4 rings (SSSR count). The fraction of sp³-hybridized carbons (Fsp3) is 0.381. The van der Waals surface area contributed by atoms with Crippen LogP contribution in [0.1, 0.15) is 33.9 Å². The Balaban J connectivity index is 1.47. The van der Waals surface area contributed by atoms with Crippen LogP contribution in [0.25, 0.3) is 10.2 Å². The summed E-state index contributed by atoms with van der Waals surface area (Å²) in [6.07, 6.45) is 1.55. The smallest absolute Gasteiger partial charge is 0.264 e. The average molecular weight is 448 g/mol. The molecule has 0 saturated carbocycles. The number of H-pyrrole nitrogens is 1. The number of amides is 1. The Hall–Kier alpha value is -2.42. The van der Waals surface area contributed by atoms with Gasteiger partial charge in [0, 0.05) is 38.1 Å². The lowest BCUT2D eigenvalue weighted by atomic mass is 10.1. The number of aromatic amines is 1. The van der Waals surface area contributed by atoms with Crippen LogP contribution in [0.15, 0.2) is 29.1 Å². The van der Waals surface area contributed by atoms with Gasteiger partial charge in [-0.15, -0.1) is 11.3 Å². The number of carbonyl (C=O) groups is 1. The first-order valence-electron chi connectivity index (χ1n) is 9.69. The van der Waals surface area contributed by atoms with Crippen molar-refractivity contribution in [3.8, 4) is 5.75 Å². The Labute approximate surface area is 182 Å². The van der Waals surface area contributed by atoms with Crippen LogP contribution in [-0.2, 0) is 11.3 Å². The van der Waals surface area contributed by atoms with Crippen molar-refractivity contribution in [2.45, 2.75) is 32.5 Å². The van der Waals surface area contributed by atoms with Gasteiger partial charge >= 0.3 is 0 Å². The van der Waals surface area contributed by atoms with Crippen LogP contribution >= 0.6 is 22.9 Å². The van der Waals surface area contributed by atoms with E-state index in [1.54, 1.807) is 26.2 Å². The molecule has 3 heterocycles. The quantitative estimate of drug-likeness (QED) is 0.643. The number of nitrogens with zero attached hydrogens (tertiary/aromatic N) is 2. The van der Waals surface area contributed by atoms with Gasteiger partial charge in [0.1, 0.15) is 29.1 Å². The molecular weight excluding hydrogens is 426 g/mol. The van der Waals surface area contributed by atoms with Crippen molar-refractivity contribution in [3.63, 3.8) is 0 Å². The summed E-state index contributed by atoms with van der Waals surface area (Å²) in [5.74, 6) is 1.17. The topological polar surface area (TPSA) is 84.5 Å². The second-order valence-corrected chi connectivity index (χ2v) is 8.68. The maximum Gasteiger partial charge on any atom is 0.264 e. The van der Waals surface area contributed by atoms with Crippen LogP contribution in [0.2, 0.25) is 5.02 Å². The number of methoxy groups -OCH3 is 1. The molecular formula is C21H22ClN3O4S. The van der Waals surface area contributed by atoms with E-state index in [-0.39, 0.29) is 24.2 Å². The highest BCUT2D eigenvalue weighted by atomic mass is 35.5. The molecule has 1 aliphatic rings. The number of carbonyl (C=O) groups excluding carboxylic acids is 1. The van der Waals surface area contributed by atoms with Crippen molar-refractivity contribution in [2.24, 2.45) is 0 Å². The summed E-state index contributed by atoms with van der Waals surface area (Å²) in [5.41, 5.74) is 0.437. The number of fused-ring (bicyclic) bond motifs is 1. The molecule has 1 N–H and O–H groups in total. The number of benzene rings is 1. The van der Waals surface area contributed by atoms with Crippen molar-refractivity contribution < 1.29 is 14.3 Å². The van der Waals surface area contributed by atoms with Gasteiger partial charge in [-0.25, -0.2) is 4.98 Å². The minimum atomic E-state index is -0.241. The Morgan fingerprint density at radius 2 is 2.00 bits per heavy atom. The van der Waals surface area contributed by atoms with Gasteiger partial charge in [-0.3, -0.25) is 9.59 Å². The van der Waals surface area contributed by atoms with E-state index in [4.69, 9.17) is 21.1 Å². The number of thiophene rings is 1. The predicted molar refractivity (Wildman–Crippen MR) is 117 cm³/mol. The Morgan fingerprint density at radius 3 is 2.67 bits per heavy atom. The van der Waals surface area contributed by atoms with Crippen molar-refractivity contribution in [2.75, 3.05) is 20.2 Å². The van der Waals surface area contributed by atoms with Crippen LogP contribution in [0.3, 0.4) is 0 Å². The highest BCUT2D eigenvalue weighted by molar-refractivity contribution is 7.20. The van der Waals surface area contributed by atoms with E-state index in [1.165, 1.54) is 11.3 Å². The summed E-state index contributed by atoms with van der Waals surface area (Å²) >= 11 is 7.17. The first-order chi connectivity index (χ1) is 14.5. The zero-order chi connectivity index (χ0) is 21.3. The van der Waals surface area contributed by atoms with E-state index in [0.29, 0.717) is 44.6 Å². The molecule has 1 aromatic carbocycles. The lowest BCUT2D eigenvalue weighted by molar-refractivity contribution is 0.0599. The SMILES string of the molecule is COCc1nc2sc(C(=O)N3CCC(Oc4ccc(Cl)cc4)CC3)c(C)c2c(=O)[nH]1. The first kappa shape index (κ1) is 20.8. The second kappa shape index (κ2) is 8.75.